The Hall–Kier alpha value is -1.78. The lowest BCUT2D eigenvalue weighted by atomic mass is 10.3. The van der Waals surface area contributed by atoms with Crippen molar-refractivity contribution in [3.8, 4) is 0 Å². The van der Waals surface area contributed by atoms with Crippen molar-refractivity contribution < 1.29 is 9.18 Å². The van der Waals surface area contributed by atoms with Gasteiger partial charge in [-0.15, -0.1) is 0 Å². The van der Waals surface area contributed by atoms with Crippen LogP contribution in [0, 0.1) is 5.82 Å². The van der Waals surface area contributed by atoms with Gasteiger partial charge in [-0.1, -0.05) is 6.92 Å². The van der Waals surface area contributed by atoms with Crippen LogP contribution >= 0.6 is 0 Å². The molecule has 0 bridgehead atoms. The van der Waals surface area contributed by atoms with Gasteiger partial charge in [0.15, 0.2) is 0 Å². The van der Waals surface area contributed by atoms with Gasteiger partial charge in [0.05, 0.1) is 5.69 Å². The quantitative estimate of drug-likeness (QED) is 0.669. The first-order chi connectivity index (χ1) is 7.13. The van der Waals surface area contributed by atoms with Crippen molar-refractivity contribution in [1.82, 2.24) is 5.32 Å². The smallest absolute Gasteiger partial charge is 0.319 e. The van der Waals surface area contributed by atoms with Crippen LogP contribution in [0.5, 0.6) is 0 Å². The summed E-state index contributed by atoms with van der Waals surface area (Å²) in [7, 11) is 0. The van der Waals surface area contributed by atoms with Gasteiger partial charge in [-0.05, 0) is 24.6 Å². The second-order valence-corrected chi connectivity index (χ2v) is 3.12. The molecule has 1 rings (SSSR count). The second-order valence-electron chi connectivity index (χ2n) is 3.12. The lowest BCUT2D eigenvalue weighted by Gasteiger charge is -2.07. The maximum absolute atomic E-state index is 12.8. The number of nitrogen functional groups attached to an aromatic ring is 1. The number of amides is 2. The van der Waals surface area contributed by atoms with E-state index in [0.29, 0.717) is 12.2 Å². The molecule has 0 spiro atoms. The number of nitrogens with two attached hydrogens (primary N) is 1. The van der Waals surface area contributed by atoms with Gasteiger partial charge in [-0.25, -0.2) is 9.18 Å². The molecule has 0 saturated heterocycles. The standard InChI is InChI=1S/C10H14FN3O/c1-2-5-13-10(15)14-7-3-4-8(11)9(12)6-7/h3-4,6H,2,5,12H2,1H3,(H2,13,14,15). The maximum Gasteiger partial charge on any atom is 0.319 e. The molecule has 0 unspecified atom stereocenters. The van der Waals surface area contributed by atoms with Gasteiger partial charge in [0.1, 0.15) is 5.82 Å². The SMILES string of the molecule is CCCNC(=O)Nc1ccc(F)c(N)c1. The number of urea groups is 1. The summed E-state index contributed by atoms with van der Waals surface area (Å²) < 4.78 is 12.8. The molecule has 1 aromatic rings. The Morgan fingerprint density at radius 1 is 1.53 bits per heavy atom. The molecule has 0 aliphatic rings. The largest absolute Gasteiger partial charge is 0.396 e. The van der Waals surface area contributed by atoms with Gasteiger partial charge in [0, 0.05) is 12.2 Å². The number of halogens is 1. The van der Waals surface area contributed by atoms with Gasteiger partial charge in [0.2, 0.25) is 0 Å². The van der Waals surface area contributed by atoms with E-state index >= 15 is 0 Å². The van der Waals surface area contributed by atoms with Gasteiger partial charge >= 0.3 is 6.03 Å². The summed E-state index contributed by atoms with van der Waals surface area (Å²) in [5.41, 5.74) is 5.84. The van der Waals surface area contributed by atoms with Crippen LogP contribution in [-0.4, -0.2) is 12.6 Å². The van der Waals surface area contributed by atoms with Crippen molar-refractivity contribution in [2.45, 2.75) is 13.3 Å². The third kappa shape index (κ3) is 3.46. The fourth-order valence-corrected chi connectivity index (χ4v) is 1.04. The highest BCUT2D eigenvalue weighted by Gasteiger charge is 2.02. The molecule has 0 aromatic heterocycles. The van der Waals surface area contributed by atoms with E-state index in [1.807, 2.05) is 6.92 Å². The van der Waals surface area contributed by atoms with E-state index in [9.17, 15) is 9.18 Å². The zero-order valence-corrected chi connectivity index (χ0v) is 8.51. The highest BCUT2D eigenvalue weighted by Crippen LogP contribution is 2.15. The van der Waals surface area contributed by atoms with Crippen LogP contribution < -0.4 is 16.4 Å². The minimum Gasteiger partial charge on any atom is -0.396 e. The van der Waals surface area contributed by atoms with Crippen LogP contribution in [0.15, 0.2) is 18.2 Å². The normalized spacial score (nSPS) is 9.73. The summed E-state index contributed by atoms with van der Waals surface area (Å²) in [4.78, 5) is 11.2. The number of hydrogen-bond donors (Lipinski definition) is 3. The molecule has 0 aliphatic carbocycles. The predicted molar refractivity (Wildman–Crippen MR) is 58.1 cm³/mol. The van der Waals surface area contributed by atoms with Crippen LogP contribution in [0.4, 0.5) is 20.6 Å². The molecule has 4 N–H and O–H groups in total. The van der Waals surface area contributed by atoms with Crippen molar-refractivity contribution in [1.29, 1.82) is 0 Å². The molecule has 0 radical (unpaired) electrons. The monoisotopic (exact) mass is 211 g/mol. The van der Waals surface area contributed by atoms with Crippen molar-refractivity contribution in [3.63, 3.8) is 0 Å². The highest BCUT2D eigenvalue weighted by atomic mass is 19.1. The van der Waals surface area contributed by atoms with Crippen LogP contribution in [0.25, 0.3) is 0 Å². The Morgan fingerprint density at radius 3 is 2.87 bits per heavy atom. The Bertz CT molecular complexity index is 355. The Balaban J connectivity index is 2.57. The molecule has 0 saturated carbocycles. The summed E-state index contributed by atoms with van der Waals surface area (Å²) in [5.74, 6) is -0.491. The second kappa shape index (κ2) is 5.19. The summed E-state index contributed by atoms with van der Waals surface area (Å²) >= 11 is 0. The average molecular weight is 211 g/mol. The molecule has 1 aromatic carbocycles. The molecule has 0 heterocycles. The van der Waals surface area contributed by atoms with Crippen LogP contribution in [-0.2, 0) is 0 Å². The number of anilines is 2. The highest BCUT2D eigenvalue weighted by molar-refractivity contribution is 5.89. The molecule has 82 valence electrons. The number of rotatable bonds is 3. The van der Waals surface area contributed by atoms with Gasteiger partial charge < -0.3 is 16.4 Å². The minimum absolute atomic E-state index is 0.0169. The Labute approximate surface area is 87.7 Å². The summed E-state index contributed by atoms with van der Waals surface area (Å²) in [6, 6.07) is 3.73. The summed E-state index contributed by atoms with van der Waals surface area (Å²) in [6.45, 7) is 2.55. The van der Waals surface area contributed by atoms with Crippen molar-refractivity contribution in [2.24, 2.45) is 0 Å². The van der Waals surface area contributed by atoms with E-state index in [1.165, 1.54) is 18.2 Å². The number of nitrogens with one attached hydrogen (secondary N) is 2. The maximum atomic E-state index is 12.8. The minimum atomic E-state index is -0.491. The Morgan fingerprint density at radius 2 is 2.27 bits per heavy atom. The molecular weight excluding hydrogens is 197 g/mol. The van der Waals surface area contributed by atoms with Gasteiger partial charge in [0.25, 0.3) is 0 Å². The Kier molecular flexibility index (Phi) is 3.91. The van der Waals surface area contributed by atoms with E-state index < -0.39 is 5.82 Å². The van der Waals surface area contributed by atoms with Crippen molar-refractivity contribution >= 4 is 17.4 Å². The average Bonchev–Trinajstić information content (AvgIpc) is 2.20. The topological polar surface area (TPSA) is 67.2 Å². The first-order valence-corrected chi connectivity index (χ1v) is 4.73. The number of carbonyl (C=O) groups is 1. The van der Waals surface area contributed by atoms with Crippen molar-refractivity contribution in [3.05, 3.63) is 24.0 Å². The molecule has 15 heavy (non-hydrogen) atoms. The van der Waals surface area contributed by atoms with E-state index in [1.54, 1.807) is 0 Å². The number of benzene rings is 1. The lowest BCUT2D eigenvalue weighted by molar-refractivity contribution is 0.252. The van der Waals surface area contributed by atoms with Crippen molar-refractivity contribution in [2.75, 3.05) is 17.6 Å². The van der Waals surface area contributed by atoms with E-state index in [-0.39, 0.29) is 11.7 Å². The molecule has 0 atom stereocenters. The van der Waals surface area contributed by atoms with E-state index in [2.05, 4.69) is 10.6 Å². The third-order valence-corrected chi connectivity index (χ3v) is 1.79. The van der Waals surface area contributed by atoms with Gasteiger partial charge in [-0.3, -0.25) is 0 Å². The predicted octanol–water partition coefficient (Wildman–Crippen LogP) is 1.94. The van der Waals surface area contributed by atoms with Gasteiger partial charge in [-0.2, -0.15) is 0 Å². The zero-order chi connectivity index (χ0) is 11.3. The molecule has 5 heteroatoms. The fraction of sp³-hybridized carbons (Fsp3) is 0.300. The van der Waals surface area contributed by atoms with E-state index in [0.717, 1.165) is 6.42 Å². The fourth-order valence-electron chi connectivity index (χ4n) is 1.04. The molecule has 4 nitrogen and oxygen atoms in total. The molecule has 0 aliphatic heterocycles. The molecule has 2 amide bonds. The lowest BCUT2D eigenvalue weighted by Crippen LogP contribution is -2.29. The van der Waals surface area contributed by atoms with Crippen LogP contribution in [0.3, 0.4) is 0 Å². The first kappa shape index (κ1) is 11.3. The van der Waals surface area contributed by atoms with Crippen LogP contribution in [0.1, 0.15) is 13.3 Å². The molecular formula is C10H14FN3O. The van der Waals surface area contributed by atoms with E-state index in [4.69, 9.17) is 5.73 Å². The summed E-state index contributed by atoms with van der Waals surface area (Å²) in [6.07, 6.45) is 0.860. The zero-order valence-electron chi connectivity index (χ0n) is 8.51. The van der Waals surface area contributed by atoms with Crippen LogP contribution in [0.2, 0.25) is 0 Å². The third-order valence-electron chi connectivity index (χ3n) is 1.79. The first-order valence-electron chi connectivity index (χ1n) is 4.73. The summed E-state index contributed by atoms with van der Waals surface area (Å²) in [5, 5.41) is 5.18. The number of carbonyl (C=O) groups excluding carboxylic acids is 1. The number of hydrogen-bond acceptors (Lipinski definition) is 2. The molecule has 0 fully saturated rings.